The number of benzene rings is 1. The first kappa shape index (κ1) is 19.1. The van der Waals surface area contributed by atoms with Crippen LogP contribution in [0.1, 0.15) is 46.1 Å². The SMILES string of the molecule is COc1ccccc1Cc1cccc([C@H]2CCCN(C(=O)c3ccncc3)C2)n1. The number of carbonyl (C=O) groups is 1. The number of rotatable bonds is 5. The molecule has 0 N–H and O–H groups in total. The number of nitrogens with zero attached hydrogens (tertiary/aromatic N) is 3. The Hall–Kier alpha value is -3.21. The maximum atomic E-state index is 12.8. The highest BCUT2D eigenvalue weighted by molar-refractivity contribution is 5.94. The van der Waals surface area contributed by atoms with E-state index in [0.29, 0.717) is 12.1 Å². The zero-order chi connectivity index (χ0) is 20.1. The average Bonchev–Trinajstić information content (AvgIpc) is 2.80. The van der Waals surface area contributed by atoms with Crippen LogP contribution in [0.5, 0.6) is 5.75 Å². The minimum atomic E-state index is 0.0716. The fourth-order valence-corrected chi connectivity index (χ4v) is 3.95. The van der Waals surface area contributed by atoms with E-state index in [1.54, 1.807) is 31.6 Å². The van der Waals surface area contributed by atoms with E-state index in [0.717, 1.165) is 48.5 Å². The van der Waals surface area contributed by atoms with E-state index in [9.17, 15) is 4.79 Å². The molecule has 0 radical (unpaired) electrons. The predicted octanol–water partition coefficient (Wildman–Crippen LogP) is 4.10. The largest absolute Gasteiger partial charge is 0.496 e. The van der Waals surface area contributed by atoms with Crippen LogP contribution >= 0.6 is 0 Å². The van der Waals surface area contributed by atoms with E-state index in [-0.39, 0.29) is 11.8 Å². The van der Waals surface area contributed by atoms with E-state index in [1.165, 1.54) is 0 Å². The van der Waals surface area contributed by atoms with E-state index in [1.807, 2.05) is 23.1 Å². The zero-order valence-electron chi connectivity index (χ0n) is 16.6. The van der Waals surface area contributed by atoms with Gasteiger partial charge in [-0.15, -0.1) is 0 Å². The van der Waals surface area contributed by atoms with E-state index in [2.05, 4.69) is 29.2 Å². The van der Waals surface area contributed by atoms with Crippen molar-refractivity contribution in [3.8, 4) is 5.75 Å². The fraction of sp³-hybridized carbons (Fsp3) is 0.292. The van der Waals surface area contributed by atoms with Crippen molar-refractivity contribution in [2.75, 3.05) is 20.2 Å². The van der Waals surface area contributed by atoms with Gasteiger partial charge in [0.15, 0.2) is 0 Å². The molecule has 5 nitrogen and oxygen atoms in total. The van der Waals surface area contributed by atoms with Gasteiger partial charge in [-0.3, -0.25) is 14.8 Å². The summed E-state index contributed by atoms with van der Waals surface area (Å²) in [5.41, 5.74) is 3.89. The lowest BCUT2D eigenvalue weighted by Gasteiger charge is -2.32. The lowest BCUT2D eigenvalue weighted by atomic mass is 9.93. The summed E-state index contributed by atoms with van der Waals surface area (Å²) in [5.74, 6) is 1.21. The van der Waals surface area contributed by atoms with Gasteiger partial charge in [0.05, 0.1) is 7.11 Å². The summed E-state index contributed by atoms with van der Waals surface area (Å²) >= 11 is 0. The number of aromatic nitrogens is 2. The Morgan fingerprint density at radius 3 is 2.76 bits per heavy atom. The molecular weight excluding hydrogens is 362 g/mol. The molecule has 0 bridgehead atoms. The molecule has 1 amide bonds. The number of hydrogen-bond acceptors (Lipinski definition) is 4. The Kier molecular flexibility index (Phi) is 5.84. The van der Waals surface area contributed by atoms with Gasteiger partial charge in [0.1, 0.15) is 5.75 Å². The molecule has 29 heavy (non-hydrogen) atoms. The number of para-hydroxylation sites is 1. The Labute approximate surface area is 171 Å². The first-order valence-electron chi connectivity index (χ1n) is 10.0. The molecule has 4 rings (SSSR count). The van der Waals surface area contributed by atoms with Crippen LogP contribution in [0.4, 0.5) is 0 Å². The van der Waals surface area contributed by atoms with Gasteiger partial charge in [-0.1, -0.05) is 24.3 Å². The molecule has 1 aliphatic rings. The predicted molar refractivity (Wildman–Crippen MR) is 112 cm³/mol. The summed E-state index contributed by atoms with van der Waals surface area (Å²) in [4.78, 5) is 23.7. The molecule has 1 saturated heterocycles. The fourth-order valence-electron chi connectivity index (χ4n) is 3.95. The number of methoxy groups -OCH3 is 1. The van der Waals surface area contributed by atoms with Crippen molar-refractivity contribution in [2.45, 2.75) is 25.2 Å². The maximum absolute atomic E-state index is 12.8. The summed E-state index contributed by atoms with van der Waals surface area (Å²) in [6.45, 7) is 1.49. The third-order valence-corrected chi connectivity index (χ3v) is 5.45. The minimum Gasteiger partial charge on any atom is -0.496 e. The molecule has 5 heteroatoms. The van der Waals surface area contributed by atoms with Crippen molar-refractivity contribution >= 4 is 5.91 Å². The Morgan fingerprint density at radius 2 is 1.93 bits per heavy atom. The lowest BCUT2D eigenvalue weighted by Crippen LogP contribution is -2.39. The minimum absolute atomic E-state index is 0.0716. The molecule has 0 unspecified atom stereocenters. The van der Waals surface area contributed by atoms with Crippen molar-refractivity contribution in [1.29, 1.82) is 0 Å². The van der Waals surface area contributed by atoms with Crippen LogP contribution in [0.15, 0.2) is 67.0 Å². The number of ether oxygens (including phenoxy) is 1. The van der Waals surface area contributed by atoms with Gasteiger partial charge in [-0.2, -0.15) is 0 Å². The van der Waals surface area contributed by atoms with E-state index in [4.69, 9.17) is 9.72 Å². The van der Waals surface area contributed by atoms with Gasteiger partial charge in [-0.25, -0.2) is 0 Å². The molecule has 1 aliphatic heterocycles. The normalized spacial score (nSPS) is 16.4. The molecule has 1 aromatic carbocycles. The highest BCUT2D eigenvalue weighted by Gasteiger charge is 2.26. The van der Waals surface area contributed by atoms with Crippen molar-refractivity contribution in [3.63, 3.8) is 0 Å². The first-order valence-corrected chi connectivity index (χ1v) is 10.0. The second-order valence-electron chi connectivity index (χ2n) is 7.37. The summed E-state index contributed by atoms with van der Waals surface area (Å²) < 4.78 is 5.47. The number of piperidine rings is 1. The zero-order valence-corrected chi connectivity index (χ0v) is 16.6. The second kappa shape index (κ2) is 8.86. The molecule has 1 fully saturated rings. The maximum Gasteiger partial charge on any atom is 0.253 e. The van der Waals surface area contributed by atoms with Crippen LogP contribution in [-0.4, -0.2) is 41.0 Å². The van der Waals surface area contributed by atoms with Gasteiger partial charge in [0, 0.05) is 60.3 Å². The van der Waals surface area contributed by atoms with Crippen LogP contribution < -0.4 is 4.74 Å². The monoisotopic (exact) mass is 387 g/mol. The van der Waals surface area contributed by atoms with Gasteiger partial charge in [0.25, 0.3) is 5.91 Å². The van der Waals surface area contributed by atoms with Crippen molar-refractivity contribution in [1.82, 2.24) is 14.9 Å². The third kappa shape index (κ3) is 4.45. The lowest BCUT2D eigenvalue weighted by molar-refractivity contribution is 0.0705. The van der Waals surface area contributed by atoms with Crippen LogP contribution in [-0.2, 0) is 6.42 Å². The van der Waals surface area contributed by atoms with Gasteiger partial charge >= 0.3 is 0 Å². The number of likely N-dealkylation sites (tertiary alicyclic amines) is 1. The van der Waals surface area contributed by atoms with Crippen LogP contribution in [0.2, 0.25) is 0 Å². The van der Waals surface area contributed by atoms with Gasteiger partial charge < -0.3 is 9.64 Å². The van der Waals surface area contributed by atoms with E-state index >= 15 is 0 Å². The second-order valence-corrected chi connectivity index (χ2v) is 7.37. The molecule has 0 aliphatic carbocycles. The Balaban J connectivity index is 1.50. The third-order valence-electron chi connectivity index (χ3n) is 5.45. The first-order chi connectivity index (χ1) is 14.2. The molecule has 2 aromatic heterocycles. The van der Waals surface area contributed by atoms with E-state index < -0.39 is 0 Å². The number of carbonyl (C=O) groups excluding carboxylic acids is 1. The van der Waals surface area contributed by atoms with Crippen molar-refractivity contribution in [3.05, 3.63) is 89.5 Å². The molecule has 3 heterocycles. The van der Waals surface area contributed by atoms with Crippen LogP contribution in [0.25, 0.3) is 0 Å². The molecular formula is C24H25N3O2. The van der Waals surface area contributed by atoms with Crippen LogP contribution in [0, 0.1) is 0 Å². The number of amides is 1. The molecule has 148 valence electrons. The molecule has 0 saturated carbocycles. The quantitative estimate of drug-likeness (QED) is 0.662. The molecule has 3 aromatic rings. The Bertz CT molecular complexity index is 975. The molecule has 0 spiro atoms. The summed E-state index contributed by atoms with van der Waals surface area (Å²) in [6.07, 6.45) is 6.09. The van der Waals surface area contributed by atoms with Crippen LogP contribution in [0.3, 0.4) is 0 Å². The standard InChI is InChI=1S/C24H25N3O2/c1-29-23-10-3-2-6-19(23)16-21-8-4-9-22(26-21)20-7-5-15-27(17-20)24(28)18-11-13-25-14-12-18/h2-4,6,8-14,20H,5,7,15-17H2,1H3/t20-/m0/s1. The summed E-state index contributed by atoms with van der Waals surface area (Å²) in [6, 6.07) is 17.8. The average molecular weight is 387 g/mol. The number of pyridine rings is 2. The number of hydrogen-bond donors (Lipinski definition) is 0. The van der Waals surface area contributed by atoms with Crippen molar-refractivity contribution in [2.24, 2.45) is 0 Å². The molecule has 1 atom stereocenters. The van der Waals surface area contributed by atoms with Crippen molar-refractivity contribution < 1.29 is 9.53 Å². The topological polar surface area (TPSA) is 55.3 Å². The smallest absolute Gasteiger partial charge is 0.253 e. The summed E-state index contributed by atoms with van der Waals surface area (Å²) in [5, 5.41) is 0. The van der Waals surface area contributed by atoms with Gasteiger partial charge in [-0.05, 0) is 43.2 Å². The highest BCUT2D eigenvalue weighted by Crippen LogP contribution is 2.27. The highest BCUT2D eigenvalue weighted by atomic mass is 16.5. The Morgan fingerprint density at radius 1 is 1.10 bits per heavy atom. The summed E-state index contributed by atoms with van der Waals surface area (Å²) in [7, 11) is 1.69. The van der Waals surface area contributed by atoms with Gasteiger partial charge in [0.2, 0.25) is 0 Å².